The zero-order chi connectivity index (χ0) is 23.0. The van der Waals surface area contributed by atoms with E-state index < -0.39 is 35.6 Å². The van der Waals surface area contributed by atoms with E-state index in [1.807, 2.05) is 0 Å². The lowest BCUT2D eigenvalue weighted by Crippen LogP contribution is -2.42. The summed E-state index contributed by atoms with van der Waals surface area (Å²) in [6, 6.07) is 5.73. The van der Waals surface area contributed by atoms with Crippen molar-refractivity contribution < 1.29 is 23.9 Å². The number of benzene rings is 1. The van der Waals surface area contributed by atoms with Gasteiger partial charge in [-0.05, 0) is 24.6 Å². The summed E-state index contributed by atoms with van der Waals surface area (Å²) < 4.78 is 29.0. The standard InChI is InChI=1S/C19H22FN7O5/c1-19(20)14(31-8-10-3-5-11(6-4-10)27(29)30)12(7-28)32-17(19)26-9-23-13-15(22-2)24-18(21)25-16(13)26/h3-6,9,12,14,17,28H,7-8H2,1-2H3,(H3,21,22,24,25)/t12-,14-,17-,19-/m1/s1. The van der Waals surface area contributed by atoms with Crippen LogP contribution in [-0.4, -0.2) is 61.1 Å². The third-order valence-electron chi connectivity index (χ3n) is 5.37. The zero-order valence-electron chi connectivity index (χ0n) is 17.3. The molecule has 3 heterocycles. The molecule has 170 valence electrons. The summed E-state index contributed by atoms with van der Waals surface area (Å²) in [5, 5.41) is 23.5. The summed E-state index contributed by atoms with van der Waals surface area (Å²) in [6.45, 7) is 0.800. The van der Waals surface area contributed by atoms with Crippen molar-refractivity contribution in [1.82, 2.24) is 19.5 Å². The van der Waals surface area contributed by atoms with Gasteiger partial charge in [0.15, 0.2) is 28.9 Å². The summed E-state index contributed by atoms with van der Waals surface area (Å²) in [5.74, 6) is 0.362. The van der Waals surface area contributed by atoms with E-state index in [2.05, 4.69) is 20.3 Å². The monoisotopic (exact) mass is 447 g/mol. The van der Waals surface area contributed by atoms with E-state index in [9.17, 15) is 15.2 Å². The number of hydrogen-bond acceptors (Lipinski definition) is 10. The molecule has 1 saturated heterocycles. The molecule has 0 aliphatic carbocycles. The second kappa shape index (κ2) is 8.26. The Kier molecular flexibility index (Phi) is 5.62. The first kappa shape index (κ1) is 21.8. The normalized spacial score (nSPS) is 25.3. The highest BCUT2D eigenvalue weighted by Crippen LogP contribution is 2.44. The molecule has 4 rings (SSSR count). The molecule has 13 heteroatoms. The molecule has 1 aliphatic heterocycles. The van der Waals surface area contributed by atoms with Gasteiger partial charge >= 0.3 is 0 Å². The number of halogens is 1. The number of alkyl halides is 1. The van der Waals surface area contributed by atoms with Gasteiger partial charge in [-0.3, -0.25) is 14.7 Å². The number of fused-ring (bicyclic) bond motifs is 1. The van der Waals surface area contributed by atoms with Crippen molar-refractivity contribution in [3.8, 4) is 0 Å². The van der Waals surface area contributed by atoms with Gasteiger partial charge in [-0.1, -0.05) is 0 Å². The summed E-state index contributed by atoms with van der Waals surface area (Å²) in [6.07, 6.45) is -1.93. The number of rotatable bonds is 7. The molecule has 12 nitrogen and oxygen atoms in total. The number of nitro groups is 1. The molecule has 0 radical (unpaired) electrons. The summed E-state index contributed by atoms with van der Waals surface area (Å²) in [7, 11) is 1.65. The predicted octanol–water partition coefficient (Wildman–Crippen LogP) is 1.56. The van der Waals surface area contributed by atoms with Crippen LogP contribution in [0.5, 0.6) is 0 Å². The Balaban J connectivity index is 1.60. The van der Waals surface area contributed by atoms with Crippen LogP contribution in [-0.2, 0) is 16.1 Å². The third-order valence-corrected chi connectivity index (χ3v) is 5.37. The maximum atomic E-state index is 16.0. The molecule has 0 spiro atoms. The molecular weight excluding hydrogens is 425 g/mol. The van der Waals surface area contributed by atoms with Gasteiger partial charge in [-0.25, -0.2) is 9.37 Å². The topological polar surface area (TPSA) is 163 Å². The molecule has 0 saturated carbocycles. The maximum absolute atomic E-state index is 16.0. The van der Waals surface area contributed by atoms with Gasteiger partial charge in [-0.15, -0.1) is 0 Å². The number of aromatic nitrogens is 4. The molecule has 3 aromatic rings. The van der Waals surface area contributed by atoms with Crippen molar-refractivity contribution in [2.45, 2.75) is 37.6 Å². The fourth-order valence-corrected chi connectivity index (χ4v) is 3.80. The first-order valence-corrected chi connectivity index (χ1v) is 9.74. The van der Waals surface area contributed by atoms with Crippen molar-refractivity contribution in [1.29, 1.82) is 0 Å². The number of nitrogens with zero attached hydrogens (tertiary/aromatic N) is 5. The van der Waals surface area contributed by atoms with Gasteiger partial charge in [-0.2, -0.15) is 9.97 Å². The molecule has 4 atom stereocenters. The molecule has 1 fully saturated rings. The quantitative estimate of drug-likeness (QED) is 0.358. The van der Waals surface area contributed by atoms with Gasteiger partial charge in [0.05, 0.1) is 24.5 Å². The highest BCUT2D eigenvalue weighted by atomic mass is 19.1. The van der Waals surface area contributed by atoms with E-state index in [1.54, 1.807) is 7.05 Å². The van der Waals surface area contributed by atoms with E-state index in [1.165, 1.54) is 42.1 Å². The molecule has 0 bridgehead atoms. The van der Waals surface area contributed by atoms with Crippen LogP contribution in [0.4, 0.5) is 21.8 Å². The van der Waals surface area contributed by atoms with Crippen LogP contribution < -0.4 is 11.1 Å². The van der Waals surface area contributed by atoms with E-state index in [4.69, 9.17) is 15.2 Å². The van der Waals surface area contributed by atoms with E-state index in [0.717, 1.165) is 0 Å². The fourth-order valence-electron chi connectivity index (χ4n) is 3.80. The Labute approximate surface area is 181 Å². The molecule has 32 heavy (non-hydrogen) atoms. The van der Waals surface area contributed by atoms with Crippen molar-refractivity contribution in [2.24, 2.45) is 0 Å². The van der Waals surface area contributed by atoms with Crippen LogP contribution in [0.1, 0.15) is 18.7 Å². The number of aliphatic hydroxyl groups is 1. The highest BCUT2D eigenvalue weighted by molar-refractivity contribution is 5.84. The van der Waals surface area contributed by atoms with Gasteiger partial charge < -0.3 is 25.6 Å². The number of nitrogen functional groups attached to an aromatic ring is 1. The largest absolute Gasteiger partial charge is 0.394 e. The molecule has 1 aliphatic rings. The summed E-state index contributed by atoms with van der Waals surface area (Å²) >= 11 is 0. The Morgan fingerprint density at radius 1 is 1.41 bits per heavy atom. The van der Waals surface area contributed by atoms with Crippen LogP contribution in [0, 0.1) is 10.1 Å². The average molecular weight is 447 g/mol. The minimum atomic E-state index is -2.08. The van der Waals surface area contributed by atoms with E-state index in [-0.39, 0.29) is 23.9 Å². The number of nitrogens with one attached hydrogen (secondary N) is 1. The number of nitrogens with two attached hydrogens (primary N) is 1. The Hall–Kier alpha value is -3.42. The first-order valence-electron chi connectivity index (χ1n) is 9.74. The number of ether oxygens (including phenoxy) is 2. The average Bonchev–Trinajstić information content (AvgIpc) is 3.29. The number of nitro benzene ring substituents is 1. The van der Waals surface area contributed by atoms with Gasteiger partial charge in [0.1, 0.15) is 12.2 Å². The van der Waals surface area contributed by atoms with E-state index >= 15 is 4.39 Å². The SMILES string of the molecule is CNc1nc(N)nc2c1ncn2[C@@H]1O[C@H](CO)[C@@H](OCc2ccc([N+](=O)[O-])cc2)[C@@]1(C)F. The zero-order valence-corrected chi connectivity index (χ0v) is 17.3. The van der Waals surface area contributed by atoms with Crippen LogP contribution in [0.2, 0.25) is 0 Å². The van der Waals surface area contributed by atoms with E-state index in [0.29, 0.717) is 16.9 Å². The maximum Gasteiger partial charge on any atom is 0.269 e. The first-order chi connectivity index (χ1) is 15.3. The van der Waals surface area contributed by atoms with Crippen LogP contribution >= 0.6 is 0 Å². The lowest BCUT2D eigenvalue weighted by molar-refractivity contribution is -0.384. The van der Waals surface area contributed by atoms with Crippen LogP contribution in [0.3, 0.4) is 0 Å². The second-order valence-electron chi connectivity index (χ2n) is 7.52. The predicted molar refractivity (Wildman–Crippen MR) is 111 cm³/mol. The molecule has 4 N–H and O–H groups in total. The van der Waals surface area contributed by atoms with Crippen LogP contribution in [0.25, 0.3) is 11.2 Å². The van der Waals surface area contributed by atoms with Gasteiger partial charge in [0, 0.05) is 19.2 Å². The lowest BCUT2D eigenvalue weighted by Gasteiger charge is -2.28. The molecule has 0 amide bonds. The van der Waals surface area contributed by atoms with Crippen molar-refractivity contribution in [3.05, 3.63) is 46.3 Å². The van der Waals surface area contributed by atoms with Crippen LogP contribution in [0.15, 0.2) is 30.6 Å². The Bertz CT molecular complexity index is 1140. The Morgan fingerprint density at radius 3 is 2.75 bits per heavy atom. The minimum Gasteiger partial charge on any atom is -0.394 e. The number of non-ortho nitro benzene ring substituents is 1. The minimum absolute atomic E-state index is 0.0214. The molecule has 1 aromatic carbocycles. The second-order valence-corrected chi connectivity index (χ2v) is 7.52. The lowest BCUT2D eigenvalue weighted by atomic mass is 9.98. The number of hydrogen-bond donors (Lipinski definition) is 3. The van der Waals surface area contributed by atoms with Crippen molar-refractivity contribution in [2.75, 3.05) is 24.7 Å². The highest BCUT2D eigenvalue weighted by Gasteiger charge is 2.56. The molecule has 2 aromatic heterocycles. The third kappa shape index (κ3) is 3.70. The van der Waals surface area contributed by atoms with Crippen molar-refractivity contribution in [3.63, 3.8) is 0 Å². The Morgan fingerprint density at radius 2 is 2.12 bits per heavy atom. The molecular formula is C19H22FN7O5. The summed E-state index contributed by atoms with van der Waals surface area (Å²) in [4.78, 5) is 22.8. The fraction of sp³-hybridized carbons (Fsp3) is 0.421. The number of aliphatic hydroxyl groups excluding tert-OH is 1. The molecule has 0 unspecified atom stereocenters. The van der Waals surface area contributed by atoms with Gasteiger partial charge in [0.2, 0.25) is 5.95 Å². The number of anilines is 2. The van der Waals surface area contributed by atoms with Gasteiger partial charge in [0.25, 0.3) is 5.69 Å². The smallest absolute Gasteiger partial charge is 0.269 e. The summed E-state index contributed by atoms with van der Waals surface area (Å²) in [5.41, 5.74) is 4.89. The number of imidazole rings is 1. The van der Waals surface area contributed by atoms with Crippen molar-refractivity contribution >= 4 is 28.6 Å².